The first kappa shape index (κ1) is 14.1. The molecular formula is C14H19ClN2O2. The highest BCUT2D eigenvalue weighted by molar-refractivity contribution is 6.33. The van der Waals surface area contributed by atoms with Crippen LogP contribution in [-0.2, 0) is 0 Å². The molecule has 0 spiro atoms. The van der Waals surface area contributed by atoms with Gasteiger partial charge in [-0.15, -0.1) is 0 Å². The lowest BCUT2D eigenvalue weighted by Gasteiger charge is -2.29. The van der Waals surface area contributed by atoms with Crippen molar-refractivity contribution in [2.24, 2.45) is 5.92 Å². The Kier molecular flexibility index (Phi) is 4.64. The van der Waals surface area contributed by atoms with E-state index in [4.69, 9.17) is 16.7 Å². The lowest BCUT2D eigenvalue weighted by molar-refractivity contribution is 0.0691. The first-order valence-electron chi connectivity index (χ1n) is 6.76. The lowest BCUT2D eigenvalue weighted by atomic mass is 9.84. The molecule has 2 unspecified atom stereocenters. The van der Waals surface area contributed by atoms with Gasteiger partial charge >= 0.3 is 5.97 Å². The summed E-state index contributed by atoms with van der Waals surface area (Å²) in [6.45, 7) is 2.22. The quantitative estimate of drug-likeness (QED) is 0.881. The summed E-state index contributed by atoms with van der Waals surface area (Å²) in [4.78, 5) is 15.1. The van der Waals surface area contributed by atoms with E-state index in [0.29, 0.717) is 11.9 Å². The van der Waals surface area contributed by atoms with Crippen molar-refractivity contribution in [1.29, 1.82) is 0 Å². The van der Waals surface area contributed by atoms with E-state index in [1.54, 1.807) is 12.1 Å². The second-order valence-corrected chi connectivity index (χ2v) is 5.52. The third-order valence-electron chi connectivity index (χ3n) is 3.76. The molecule has 0 aromatic carbocycles. The molecule has 1 aromatic heterocycles. The number of hydrogen-bond acceptors (Lipinski definition) is 3. The van der Waals surface area contributed by atoms with Gasteiger partial charge in [0.15, 0.2) is 5.69 Å². The minimum atomic E-state index is -1.09. The summed E-state index contributed by atoms with van der Waals surface area (Å²) >= 11 is 5.81. The summed E-state index contributed by atoms with van der Waals surface area (Å²) in [7, 11) is 0. The van der Waals surface area contributed by atoms with Crippen molar-refractivity contribution in [3.8, 4) is 0 Å². The molecule has 0 aliphatic heterocycles. The molecule has 1 fully saturated rings. The van der Waals surface area contributed by atoms with E-state index in [9.17, 15) is 4.79 Å². The Bertz CT molecular complexity index is 465. The molecule has 0 bridgehead atoms. The second kappa shape index (κ2) is 6.24. The standard InChI is InChI=1S/C14H19ClN2O2/c1-2-9-4-3-5-10(8-9)16-12-7-6-11(15)13(17-12)14(18)19/h6-7,9-10H,2-5,8H2,1H3,(H,16,17)(H,18,19). The van der Waals surface area contributed by atoms with Gasteiger partial charge in [-0.25, -0.2) is 9.78 Å². The fourth-order valence-corrected chi connectivity index (χ4v) is 2.86. The molecule has 4 nitrogen and oxygen atoms in total. The first-order valence-corrected chi connectivity index (χ1v) is 7.14. The largest absolute Gasteiger partial charge is 0.476 e. The van der Waals surface area contributed by atoms with Crippen molar-refractivity contribution in [1.82, 2.24) is 4.98 Å². The van der Waals surface area contributed by atoms with Gasteiger partial charge in [0, 0.05) is 6.04 Å². The number of hydrogen-bond donors (Lipinski definition) is 2. The van der Waals surface area contributed by atoms with Gasteiger partial charge in [-0.05, 0) is 30.9 Å². The molecule has 1 heterocycles. The van der Waals surface area contributed by atoms with E-state index in [1.807, 2.05) is 0 Å². The summed E-state index contributed by atoms with van der Waals surface area (Å²) < 4.78 is 0. The molecule has 5 heteroatoms. The predicted octanol–water partition coefficient (Wildman–Crippen LogP) is 3.81. The van der Waals surface area contributed by atoms with Crippen LogP contribution in [-0.4, -0.2) is 22.1 Å². The molecule has 2 N–H and O–H groups in total. The lowest BCUT2D eigenvalue weighted by Crippen LogP contribution is -2.27. The Morgan fingerprint density at radius 1 is 1.53 bits per heavy atom. The number of nitrogens with zero attached hydrogens (tertiary/aromatic N) is 1. The van der Waals surface area contributed by atoms with Gasteiger partial charge in [-0.3, -0.25) is 0 Å². The smallest absolute Gasteiger partial charge is 0.356 e. The highest BCUT2D eigenvalue weighted by atomic mass is 35.5. The Morgan fingerprint density at radius 3 is 3.00 bits per heavy atom. The van der Waals surface area contributed by atoms with Crippen LogP contribution in [0.2, 0.25) is 5.02 Å². The average molecular weight is 283 g/mol. The van der Waals surface area contributed by atoms with Gasteiger partial charge in [0.05, 0.1) is 5.02 Å². The van der Waals surface area contributed by atoms with E-state index < -0.39 is 5.97 Å². The summed E-state index contributed by atoms with van der Waals surface area (Å²) in [5, 5.41) is 12.5. The minimum Gasteiger partial charge on any atom is -0.476 e. The fraction of sp³-hybridized carbons (Fsp3) is 0.571. The number of pyridine rings is 1. The van der Waals surface area contributed by atoms with E-state index in [2.05, 4.69) is 17.2 Å². The third kappa shape index (κ3) is 3.60. The number of rotatable bonds is 4. The maximum Gasteiger partial charge on any atom is 0.356 e. The van der Waals surface area contributed by atoms with Crippen LogP contribution >= 0.6 is 11.6 Å². The molecule has 104 valence electrons. The van der Waals surface area contributed by atoms with Crippen LogP contribution < -0.4 is 5.32 Å². The molecule has 2 rings (SSSR count). The molecule has 2 atom stereocenters. The summed E-state index contributed by atoms with van der Waals surface area (Å²) in [6.07, 6.45) is 5.96. The van der Waals surface area contributed by atoms with Crippen LogP contribution in [0.5, 0.6) is 0 Å². The first-order chi connectivity index (χ1) is 9.10. The molecule has 19 heavy (non-hydrogen) atoms. The predicted molar refractivity (Wildman–Crippen MR) is 75.9 cm³/mol. The summed E-state index contributed by atoms with van der Waals surface area (Å²) in [5.41, 5.74) is -0.0884. The summed E-state index contributed by atoms with van der Waals surface area (Å²) in [5.74, 6) is 0.268. The van der Waals surface area contributed by atoms with E-state index in [0.717, 1.165) is 18.8 Å². The second-order valence-electron chi connectivity index (χ2n) is 5.11. The van der Waals surface area contributed by atoms with Crippen molar-refractivity contribution in [2.75, 3.05) is 5.32 Å². The van der Waals surface area contributed by atoms with Crippen LogP contribution in [0, 0.1) is 5.92 Å². The number of halogens is 1. The number of carboxylic acid groups (broad SMARTS) is 1. The van der Waals surface area contributed by atoms with Crippen molar-refractivity contribution < 1.29 is 9.90 Å². The molecule has 0 radical (unpaired) electrons. The topological polar surface area (TPSA) is 62.2 Å². The molecule has 1 aliphatic carbocycles. The van der Waals surface area contributed by atoms with E-state index in [-0.39, 0.29) is 10.7 Å². The van der Waals surface area contributed by atoms with Gasteiger partial charge in [-0.1, -0.05) is 37.8 Å². The molecule has 0 amide bonds. The maximum absolute atomic E-state index is 11.0. The zero-order valence-corrected chi connectivity index (χ0v) is 11.8. The number of anilines is 1. The number of carbonyl (C=O) groups is 1. The number of aromatic nitrogens is 1. The van der Waals surface area contributed by atoms with Crippen molar-refractivity contribution in [3.05, 3.63) is 22.8 Å². The molecule has 1 aliphatic rings. The van der Waals surface area contributed by atoms with Crippen LogP contribution in [0.25, 0.3) is 0 Å². The molecule has 1 saturated carbocycles. The SMILES string of the molecule is CCC1CCCC(Nc2ccc(Cl)c(C(=O)O)n2)C1. The van der Waals surface area contributed by atoms with Crippen LogP contribution in [0.1, 0.15) is 49.5 Å². The van der Waals surface area contributed by atoms with E-state index in [1.165, 1.54) is 19.3 Å². The molecule has 0 saturated heterocycles. The number of aromatic carboxylic acids is 1. The van der Waals surface area contributed by atoms with Crippen molar-refractivity contribution in [2.45, 2.75) is 45.1 Å². The monoisotopic (exact) mass is 282 g/mol. The highest BCUT2D eigenvalue weighted by Crippen LogP contribution is 2.28. The van der Waals surface area contributed by atoms with Gasteiger partial charge in [0.25, 0.3) is 0 Å². The molecule has 1 aromatic rings. The average Bonchev–Trinajstić information content (AvgIpc) is 2.41. The Labute approximate surface area is 118 Å². The van der Waals surface area contributed by atoms with Crippen molar-refractivity contribution in [3.63, 3.8) is 0 Å². The highest BCUT2D eigenvalue weighted by Gasteiger charge is 2.21. The van der Waals surface area contributed by atoms with E-state index >= 15 is 0 Å². The Balaban J connectivity index is 2.06. The molecular weight excluding hydrogens is 264 g/mol. The summed E-state index contributed by atoms with van der Waals surface area (Å²) in [6, 6.07) is 3.71. The van der Waals surface area contributed by atoms with Gasteiger partial charge in [-0.2, -0.15) is 0 Å². The Hall–Kier alpha value is -1.29. The minimum absolute atomic E-state index is 0.0884. The van der Waals surface area contributed by atoms with Gasteiger partial charge in [0.1, 0.15) is 5.82 Å². The zero-order chi connectivity index (χ0) is 13.8. The third-order valence-corrected chi connectivity index (χ3v) is 4.07. The van der Waals surface area contributed by atoms with Crippen molar-refractivity contribution >= 4 is 23.4 Å². The number of nitrogens with one attached hydrogen (secondary N) is 1. The van der Waals surface area contributed by atoms with Gasteiger partial charge in [0.2, 0.25) is 0 Å². The van der Waals surface area contributed by atoms with Crippen LogP contribution in [0.4, 0.5) is 5.82 Å². The Morgan fingerprint density at radius 2 is 2.32 bits per heavy atom. The van der Waals surface area contributed by atoms with Crippen LogP contribution in [0.3, 0.4) is 0 Å². The zero-order valence-electron chi connectivity index (χ0n) is 11.0. The maximum atomic E-state index is 11.0. The number of carboxylic acids is 1. The normalized spacial score (nSPS) is 23.1. The van der Waals surface area contributed by atoms with Crippen LogP contribution in [0.15, 0.2) is 12.1 Å². The fourth-order valence-electron chi connectivity index (χ4n) is 2.67. The van der Waals surface area contributed by atoms with Gasteiger partial charge < -0.3 is 10.4 Å².